The molecule has 2 bridgehead atoms. The lowest BCUT2D eigenvalue weighted by Gasteiger charge is -2.42. The summed E-state index contributed by atoms with van der Waals surface area (Å²) in [5.74, 6) is 1.44. The fourth-order valence-corrected chi connectivity index (χ4v) is 4.52. The zero-order chi connectivity index (χ0) is 18.9. The lowest BCUT2D eigenvalue weighted by molar-refractivity contribution is -0.126. The quantitative estimate of drug-likeness (QED) is 0.817. The number of piperidine rings is 1. The Morgan fingerprint density at radius 3 is 2.74 bits per heavy atom. The van der Waals surface area contributed by atoms with Gasteiger partial charge in [-0.1, -0.05) is 12.1 Å². The molecule has 27 heavy (non-hydrogen) atoms. The molecule has 2 aliphatic heterocycles. The lowest BCUT2D eigenvalue weighted by atomic mass is 9.84. The predicted molar refractivity (Wildman–Crippen MR) is 100 cm³/mol. The Morgan fingerprint density at radius 1 is 1.30 bits per heavy atom. The zero-order valence-corrected chi connectivity index (χ0v) is 15.6. The summed E-state index contributed by atoms with van der Waals surface area (Å²) in [6.07, 6.45) is 4.85. The van der Waals surface area contributed by atoms with Crippen LogP contribution in [-0.2, 0) is 16.9 Å². The highest BCUT2D eigenvalue weighted by atomic mass is 16.5. The zero-order valence-electron chi connectivity index (χ0n) is 15.6. The standard InChI is InChI=1S/C21H26N2O4/c1-26-18-5-2-4-15(10-18)13-22-20(24)14-23-16-7-8-17(23)12-21(25,11-16)19-6-3-9-27-19/h2-6,9-10,16-17,25H,7-8,11-14H2,1H3,(H,22,24)/t16-,17+,21?. The number of rotatable bonds is 6. The summed E-state index contributed by atoms with van der Waals surface area (Å²) in [6, 6.07) is 11.8. The number of fused-ring (bicyclic) bond motifs is 2. The van der Waals surface area contributed by atoms with E-state index in [1.165, 1.54) is 0 Å². The molecule has 2 N–H and O–H groups in total. The van der Waals surface area contributed by atoms with Crippen LogP contribution in [0.4, 0.5) is 0 Å². The van der Waals surface area contributed by atoms with E-state index in [0.717, 1.165) is 24.2 Å². The minimum atomic E-state index is -0.914. The van der Waals surface area contributed by atoms with Crippen molar-refractivity contribution in [2.45, 2.75) is 49.9 Å². The summed E-state index contributed by atoms with van der Waals surface area (Å²) >= 11 is 0. The molecule has 4 rings (SSSR count). The Morgan fingerprint density at radius 2 is 2.07 bits per heavy atom. The molecule has 6 heteroatoms. The van der Waals surface area contributed by atoms with E-state index in [1.54, 1.807) is 13.4 Å². The fourth-order valence-electron chi connectivity index (χ4n) is 4.52. The Bertz CT molecular complexity index is 775. The molecule has 0 radical (unpaired) electrons. The van der Waals surface area contributed by atoms with Crippen LogP contribution in [0.15, 0.2) is 47.1 Å². The number of nitrogens with zero attached hydrogens (tertiary/aromatic N) is 1. The number of methoxy groups -OCH3 is 1. The predicted octanol–water partition coefficient (Wildman–Crippen LogP) is 2.42. The first-order valence-electron chi connectivity index (χ1n) is 9.49. The van der Waals surface area contributed by atoms with E-state index in [1.807, 2.05) is 36.4 Å². The minimum absolute atomic E-state index is 0.0122. The van der Waals surface area contributed by atoms with Crippen molar-refractivity contribution >= 4 is 5.91 Å². The largest absolute Gasteiger partial charge is 0.497 e. The van der Waals surface area contributed by atoms with Gasteiger partial charge in [0.1, 0.15) is 17.1 Å². The second kappa shape index (κ2) is 7.37. The number of hydrogen-bond acceptors (Lipinski definition) is 5. The van der Waals surface area contributed by atoms with Gasteiger partial charge >= 0.3 is 0 Å². The van der Waals surface area contributed by atoms with Crippen molar-refractivity contribution in [1.29, 1.82) is 0 Å². The summed E-state index contributed by atoms with van der Waals surface area (Å²) < 4.78 is 10.7. The van der Waals surface area contributed by atoms with Gasteiger partial charge in [0, 0.05) is 18.6 Å². The van der Waals surface area contributed by atoms with Crippen molar-refractivity contribution < 1.29 is 19.1 Å². The molecule has 6 nitrogen and oxygen atoms in total. The maximum absolute atomic E-state index is 12.5. The SMILES string of the molecule is COc1cccc(CNC(=O)CN2[C@@H]3CC[C@H]2CC(O)(c2ccco2)C3)c1. The first-order chi connectivity index (χ1) is 13.1. The first kappa shape index (κ1) is 18.1. The number of furan rings is 1. The summed E-state index contributed by atoms with van der Waals surface area (Å²) in [6.45, 7) is 0.850. The van der Waals surface area contributed by atoms with E-state index in [9.17, 15) is 9.90 Å². The third-order valence-electron chi connectivity index (χ3n) is 5.85. The van der Waals surface area contributed by atoms with E-state index >= 15 is 0 Å². The van der Waals surface area contributed by atoms with E-state index < -0.39 is 5.60 Å². The third-order valence-corrected chi connectivity index (χ3v) is 5.85. The Balaban J connectivity index is 1.34. The van der Waals surface area contributed by atoms with E-state index in [-0.39, 0.29) is 18.0 Å². The number of aliphatic hydroxyl groups is 1. The highest BCUT2D eigenvalue weighted by Gasteiger charge is 2.49. The highest BCUT2D eigenvalue weighted by Crippen LogP contribution is 2.45. The monoisotopic (exact) mass is 370 g/mol. The molecule has 0 aliphatic carbocycles. The highest BCUT2D eigenvalue weighted by molar-refractivity contribution is 5.78. The summed E-state index contributed by atoms with van der Waals surface area (Å²) in [4.78, 5) is 14.7. The summed E-state index contributed by atoms with van der Waals surface area (Å²) in [5, 5.41) is 14.0. The molecule has 144 valence electrons. The molecule has 1 aromatic carbocycles. The van der Waals surface area contributed by atoms with E-state index in [2.05, 4.69) is 10.2 Å². The van der Waals surface area contributed by atoms with Crippen LogP contribution in [0.5, 0.6) is 5.75 Å². The summed E-state index contributed by atoms with van der Waals surface area (Å²) in [5.41, 5.74) is 0.0969. The second-order valence-corrected chi connectivity index (χ2v) is 7.60. The van der Waals surface area contributed by atoms with Crippen molar-refractivity contribution in [2.24, 2.45) is 0 Å². The van der Waals surface area contributed by atoms with Crippen molar-refractivity contribution in [1.82, 2.24) is 10.2 Å². The van der Waals surface area contributed by atoms with Gasteiger partial charge in [0.05, 0.1) is 19.9 Å². The Kier molecular flexibility index (Phi) is 4.93. The second-order valence-electron chi connectivity index (χ2n) is 7.60. The molecule has 2 aliphatic rings. The lowest BCUT2D eigenvalue weighted by Crippen LogP contribution is -2.52. The Labute approximate surface area is 159 Å². The van der Waals surface area contributed by atoms with Crippen LogP contribution in [0.3, 0.4) is 0 Å². The minimum Gasteiger partial charge on any atom is -0.497 e. The van der Waals surface area contributed by atoms with Gasteiger partial charge in [-0.2, -0.15) is 0 Å². The van der Waals surface area contributed by atoms with Crippen molar-refractivity contribution in [3.8, 4) is 5.75 Å². The number of hydrogen-bond donors (Lipinski definition) is 2. The van der Waals surface area contributed by atoms with Gasteiger partial charge in [-0.05, 0) is 55.5 Å². The maximum atomic E-state index is 12.5. The van der Waals surface area contributed by atoms with Gasteiger partial charge < -0.3 is 19.6 Å². The van der Waals surface area contributed by atoms with Gasteiger partial charge in [-0.3, -0.25) is 9.69 Å². The number of benzene rings is 1. The molecule has 1 aromatic heterocycles. The Hall–Kier alpha value is -2.31. The number of carbonyl (C=O) groups excluding carboxylic acids is 1. The van der Waals surface area contributed by atoms with Gasteiger partial charge in [-0.15, -0.1) is 0 Å². The van der Waals surface area contributed by atoms with E-state index in [0.29, 0.717) is 31.7 Å². The van der Waals surface area contributed by atoms with Crippen molar-refractivity contribution in [3.63, 3.8) is 0 Å². The topological polar surface area (TPSA) is 74.9 Å². The number of ether oxygens (including phenoxy) is 1. The molecule has 3 heterocycles. The van der Waals surface area contributed by atoms with Crippen LogP contribution in [0.1, 0.15) is 37.0 Å². The molecule has 1 amide bonds. The molecule has 2 fully saturated rings. The van der Waals surface area contributed by atoms with Crippen LogP contribution in [0, 0.1) is 0 Å². The number of carbonyl (C=O) groups is 1. The van der Waals surface area contributed by atoms with Crippen molar-refractivity contribution in [2.75, 3.05) is 13.7 Å². The molecular weight excluding hydrogens is 344 g/mol. The molecule has 1 unspecified atom stereocenters. The molecule has 0 saturated carbocycles. The normalized spacial score (nSPS) is 27.5. The van der Waals surface area contributed by atoms with Gasteiger partial charge in [0.2, 0.25) is 5.91 Å². The van der Waals surface area contributed by atoms with Gasteiger partial charge in [-0.25, -0.2) is 0 Å². The van der Waals surface area contributed by atoms with Crippen LogP contribution < -0.4 is 10.1 Å². The average Bonchev–Trinajstić information content (AvgIpc) is 3.29. The third kappa shape index (κ3) is 3.73. The van der Waals surface area contributed by atoms with Crippen LogP contribution in [-0.4, -0.2) is 41.7 Å². The molecule has 3 atom stereocenters. The fraction of sp³-hybridized carbons (Fsp3) is 0.476. The maximum Gasteiger partial charge on any atom is 0.234 e. The average molecular weight is 370 g/mol. The van der Waals surface area contributed by atoms with Gasteiger partial charge in [0.15, 0.2) is 0 Å². The smallest absolute Gasteiger partial charge is 0.234 e. The molecule has 2 saturated heterocycles. The van der Waals surface area contributed by atoms with Crippen LogP contribution in [0.2, 0.25) is 0 Å². The molecule has 2 aromatic rings. The molecule has 0 spiro atoms. The van der Waals surface area contributed by atoms with Crippen molar-refractivity contribution in [3.05, 3.63) is 54.0 Å². The van der Waals surface area contributed by atoms with Crippen LogP contribution in [0.25, 0.3) is 0 Å². The van der Waals surface area contributed by atoms with E-state index in [4.69, 9.17) is 9.15 Å². The van der Waals surface area contributed by atoms with Crippen LogP contribution >= 0.6 is 0 Å². The first-order valence-corrected chi connectivity index (χ1v) is 9.49. The number of nitrogens with one attached hydrogen (secondary N) is 1. The summed E-state index contributed by atoms with van der Waals surface area (Å²) in [7, 11) is 1.63. The molecular formula is C21H26N2O4. The number of amides is 1. The van der Waals surface area contributed by atoms with Gasteiger partial charge in [0.25, 0.3) is 0 Å².